The van der Waals surface area contributed by atoms with Crippen LogP contribution in [0, 0.1) is 18.3 Å². The molecule has 0 fully saturated rings. The summed E-state index contributed by atoms with van der Waals surface area (Å²) in [5, 5.41) is 18.1. The van der Waals surface area contributed by atoms with Gasteiger partial charge in [0.1, 0.15) is 11.6 Å². The second kappa shape index (κ2) is 7.54. The minimum absolute atomic E-state index is 0.0950. The van der Waals surface area contributed by atoms with Crippen LogP contribution in [-0.2, 0) is 4.79 Å². The Hall–Kier alpha value is -3.91. The Kier molecular flexibility index (Phi) is 5.00. The summed E-state index contributed by atoms with van der Waals surface area (Å²) in [4.78, 5) is 23.1. The molecule has 3 aromatic rings. The molecule has 0 unspecified atom stereocenters. The highest BCUT2D eigenvalue weighted by Gasteiger charge is 2.06. The monoisotopic (exact) mass is 356 g/mol. The van der Waals surface area contributed by atoms with E-state index in [1.165, 1.54) is 18.2 Å². The number of pyridine rings is 1. The molecule has 0 saturated carbocycles. The third kappa shape index (κ3) is 3.86. The van der Waals surface area contributed by atoms with Gasteiger partial charge in [-0.3, -0.25) is 4.79 Å². The molecule has 0 aliphatic heterocycles. The predicted molar refractivity (Wildman–Crippen MR) is 105 cm³/mol. The van der Waals surface area contributed by atoms with Crippen molar-refractivity contribution in [1.29, 1.82) is 5.26 Å². The molecule has 0 aliphatic rings. The number of nitrogens with zero attached hydrogens (tertiary/aromatic N) is 2. The molecule has 0 spiro atoms. The van der Waals surface area contributed by atoms with Gasteiger partial charge in [0.05, 0.1) is 5.52 Å². The molecule has 0 bridgehead atoms. The lowest BCUT2D eigenvalue weighted by Crippen LogP contribution is -2.06. The van der Waals surface area contributed by atoms with Gasteiger partial charge >= 0.3 is 5.97 Å². The van der Waals surface area contributed by atoms with Crippen LogP contribution in [0.2, 0.25) is 0 Å². The standard InChI is InChI=1S/C22H16N2O3/c1-15-5-8-18(9-6-15)24-12-11-21(25)19-13-16(7-10-20(19)24)3-2-4-17(14-23)22(26)27/h2-13H,1H3,(H,26,27). The molecule has 5 nitrogen and oxygen atoms in total. The highest BCUT2D eigenvalue weighted by atomic mass is 16.4. The maximum Gasteiger partial charge on any atom is 0.346 e. The first-order chi connectivity index (χ1) is 13.0. The molecule has 0 atom stereocenters. The van der Waals surface area contributed by atoms with Gasteiger partial charge in [-0.25, -0.2) is 4.79 Å². The first-order valence-corrected chi connectivity index (χ1v) is 8.24. The Morgan fingerprint density at radius 3 is 2.56 bits per heavy atom. The molecule has 0 amide bonds. The number of carbonyl (C=O) groups is 1. The summed E-state index contributed by atoms with van der Waals surface area (Å²) in [6.45, 7) is 2.02. The largest absolute Gasteiger partial charge is 0.477 e. The minimum atomic E-state index is -1.28. The van der Waals surface area contributed by atoms with Crippen molar-refractivity contribution in [3.05, 3.63) is 93.8 Å². The fraction of sp³-hybridized carbons (Fsp3) is 0.0455. The van der Waals surface area contributed by atoms with Crippen LogP contribution < -0.4 is 5.43 Å². The van der Waals surface area contributed by atoms with Gasteiger partial charge in [-0.2, -0.15) is 5.26 Å². The topological polar surface area (TPSA) is 83.1 Å². The Balaban J connectivity index is 2.05. The number of carboxylic acid groups (broad SMARTS) is 1. The number of hydrogen-bond donors (Lipinski definition) is 1. The van der Waals surface area contributed by atoms with Crippen LogP contribution in [-0.4, -0.2) is 15.6 Å². The van der Waals surface area contributed by atoms with E-state index in [1.807, 2.05) is 47.9 Å². The summed E-state index contributed by atoms with van der Waals surface area (Å²) in [5.74, 6) is -1.28. The van der Waals surface area contributed by atoms with Crippen LogP contribution in [0.5, 0.6) is 0 Å². The number of nitriles is 1. The highest BCUT2D eigenvalue weighted by Crippen LogP contribution is 2.19. The van der Waals surface area contributed by atoms with Crippen molar-refractivity contribution in [3.63, 3.8) is 0 Å². The van der Waals surface area contributed by atoms with E-state index < -0.39 is 5.97 Å². The lowest BCUT2D eigenvalue weighted by molar-refractivity contribution is -0.132. The molecule has 1 N–H and O–H groups in total. The Morgan fingerprint density at radius 2 is 1.89 bits per heavy atom. The average molecular weight is 356 g/mol. The zero-order valence-corrected chi connectivity index (χ0v) is 14.6. The molecule has 3 rings (SSSR count). The summed E-state index contributed by atoms with van der Waals surface area (Å²) in [5.41, 5.74) is 3.18. The van der Waals surface area contributed by atoms with E-state index in [-0.39, 0.29) is 11.0 Å². The third-order valence-electron chi connectivity index (χ3n) is 4.14. The number of aryl methyl sites for hydroxylation is 1. The number of aromatic nitrogens is 1. The molecule has 27 heavy (non-hydrogen) atoms. The summed E-state index contributed by atoms with van der Waals surface area (Å²) in [6.07, 6.45) is 6.11. The number of hydrogen-bond acceptors (Lipinski definition) is 3. The van der Waals surface area contributed by atoms with E-state index in [0.717, 1.165) is 22.3 Å². The number of rotatable bonds is 4. The van der Waals surface area contributed by atoms with E-state index in [9.17, 15) is 9.59 Å². The lowest BCUT2D eigenvalue weighted by atomic mass is 10.1. The van der Waals surface area contributed by atoms with E-state index in [4.69, 9.17) is 10.4 Å². The smallest absolute Gasteiger partial charge is 0.346 e. The molecule has 0 saturated heterocycles. The average Bonchev–Trinajstić information content (AvgIpc) is 2.66. The predicted octanol–water partition coefficient (Wildman–Crippen LogP) is 3.85. The van der Waals surface area contributed by atoms with Crippen LogP contribution in [0.1, 0.15) is 11.1 Å². The summed E-state index contributed by atoms with van der Waals surface area (Å²) >= 11 is 0. The van der Waals surface area contributed by atoms with Gasteiger partial charge in [0, 0.05) is 23.3 Å². The number of allylic oxidation sites excluding steroid dienone is 2. The second-order valence-corrected chi connectivity index (χ2v) is 6.02. The maximum atomic E-state index is 12.3. The van der Waals surface area contributed by atoms with Crippen molar-refractivity contribution >= 4 is 22.9 Å². The Bertz CT molecular complexity index is 1180. The summed E-state index contributed by atoms with van der Waals surface area (Å²) in [7, 11) is 0. The summed E-state index contributed by atoms with van der Waals surface area (Å²) < 4.78 is 1.95. The zero-order valence-electron chi connectivity index (χ0n) is 14.6. The van der Waals surface area contributed by atoms with E-state index in [0.29, 0.717) is 5.39 Å². The van der Waals surface area contributed by atoms with E-state index in [2.05, 4.69) is 0 Å². The van der Waals surface area contributed by atoms with Gasteiger partial charge in [0.2, 0.25) is 0 Å². The normalized spacial score (nSPS) is 11.6. The first-order valence-electron chi connectivity index (χ1n) is 8.24. The number of carboxylic acids is 1. The van der Waals surface area contributed by atoms with Crippen LogP contribution in [0.25, 0.3) is 22.7 Å². The third-order valence-corrected chi connectivity index (χ3v) is 4.14. The maximum absolute atomic E-state index is 12.3. The summed E-state index contributed by atoms with van der Waals surface area (Å²) in [6, 6.07) is 16.6. The van der Waals surface area contributed by atoms with Gasteiger partial charge in [0.15, 0.2) is 5.43 Å². The molecule has 5 heteroatoms. The molecule has 2 aromatic carbocycles. The van der Waals surface area contributed by atoms with Crippen LogP contribution >= 0.6 is 0 Å². The lowest BCUT2D eigenvalue weighted by Gasteiger charge is -2.11. The minimum Gasteiger partial charge on any atom is -0.477 e. The Morgan fingerprint density at radius 1 is 1.15 bits per heavy atom. The molecule has 0 aliphatic carbocycles. The van der Waals surface area contributed by atoms with Crippen molar-refractivity contribution in [2.75, 3.05) is 0 Å². The number of aliphatic carboxylic acids is 1. The van der Waals surface area contributed by atoms with Crippen molar-refractivity contribution in [3.8, 4) is 11.8 Å². The highest BCUT2D eigenvalue weighted by molar-refractivity contribution is 5.91. The fourth-order valence-electron chi connectivity index (χ4n) is 2.72. The van der Waals surface area contributed by atoms with Crippen molar-refractivity contribution in [2.24, 2.45) is 0 Å². The van der Waals surface area contributed by atoms with Gasteiger partial charge in [-0.05, 0) is 42.8 Å². The van der Waals surface area contributed by atoms with Crippen LogP contribution in [0.4, 0.5) is 0 Å². The number of fused-ring (bicyclic) bond motifs is 1. The fourth-order valence-corrected chi connectivity index (χ4v) is 2.72. The quantitative estimate of drug-likeness (QED) is 0.437. The molecule has 1 aromatic heterocycles. The molecule has 0 radical (unpaired) electrons. The van der Waals surface area contributed by atoms with Crippen molar-refractivity contribution < 1.29 is 9.90 Å². The SMILES string of the molecule is Cc1ccc(-n2ccc(=O)c3cc(C=CC=C(C#N)C(=O)O)ccc32)cc1. The van der Waals surface area contributed by atoms with Crippen LogP contribution in [0.15, 0.2) is 77.2 Å². The first kappa shape index (κ1) is 17.9. The van der Waals surface area contributed by atoms with Crippen LogP contribution in [0.3, 0.4) is 0 Å². The van der Waals surface area contributed by atoms with Crippen molar-refractivity contribution in [1.82, 2.24) is 4.57 Å². The van der Waals surface area contributed by atoms with Gasteiger partial charge in [-0.1, -0.05) is 35.9 Å². The van der Waals surface area contributed by atoms with Gasteiger partial charge in [0.25, 0.3) is 0 Å². The molecule has 132 valence electrons. The van der Waals surface area contributed by atoms with Gasteiger partial charge < -0.3 is 9.67 Å². The number of benzene rings is 2. The van der Waals surface area contributed by atoms with E-state index in [1.54, 1.807) is 24.4 Å². The Labute approximate surface area is 155 Å². The zero-order chi connectivity index (χ0) is 19.4. The van der Waals surface area contributed by atoms with Gasteiger partial charge in [-0.15, -0.1) is 0 Å². The van der Waals surface area contributed by atoms with Crippen molar-refractivity contribution in [2.45, 2.75) is 6.92 Å². The molecular weight excluding hydrogens is 340 g/mol. The van der Waals surface area contributed by atoms with E-state index >= 15 is 0 Å². The second-order valence-electron chi connectivity index (χ2n) is 6.02. The molecule has 1 heterocycles. The molecular formula is C22H16N2O3.